The number of amidine groups is 1. The number of fused-ring (bicyclic) bond motifs is 3. The summed E-state index contributed by atoms with van der Waals surface area (Å²) in [6.07, 6.45) is 0. The number of hydrazine groups is 2. The molecule has 7 nitrogen and oxygen atoms in total. The van der Waals surface area contributed by atoms with Crippen LogP contribution in [0.4, 0.5) is 5.00 Å². The molecule has 0 fully saturated rings. The summed E-state index contributed by atoms with van der Waals surface area (Å²) in [4.78, 5) is 6.89. The second-order valence-electron chi connectivity index (χ2n) is 7.10. The standard InChI is InChI=1S/C21H18ClN5O2S2/c1-26(13-14-6-3-2-4-7-14)18-17-10-11-30-21(17)27-19(23-18)20(24-25-27)31(28,29)16-9-5-8-15(22)12-16/h2-12,24-25H,13H2,1H3. The van der Waals surface area contributed by atoms with Crippen molar-refractivity contribution < 1.29 is 8.42 Å². The fourth-order valence-electron chi connectivity index (χ4n) is 3.53. The van der Waals surface area contributed by atoms with E-state index in [0.717, 1.165) is 16.1 Å². The zero-order valence-corrected chi connectivity index (χ0v) is 18.8. The van der Waals surface area contributed by atoms with Gasteiger partial charge in [-0.25, -0.2) is 18.4 Å². The molecule has 0 unspecified atom stereocenters. The largest absolute Gasteiger partial charge is 0.355 e. The average Bonchev–Trinajstić information content (AvgIpc) is 3.41. The summed E-state index contributed by atoms with van der Waals surface area (Å²) in [5.41, 5.74) is 7.80. The molecule has 0 saturated carbocycles. The van der Waals surface area contributed by atoms with Gasteiger partial charge in [0.25, 0.3) is 0 Å². The fourth-order valence-corrected chi connectivity index (χ4v) is 5.98. The van der Waals surface area contributed by atoms with Crippen molar-refractivity contribution in [3.63, 3.8) is 0 Å². The number of rotatable bonds is 4. The van der Waals surface area contributed by atoms with Crippen LogP contribution in [0.2, 0.25) is 5.02 Å². The third kappa shape index (κ3) is 3.49. The van der Waals surface area contributed by atoms with Crippen molar-refractivity contribution in [2.24, 2.45) is 4.99 Å². The van der Waals surface area contributed by atoms with Crippen LogP contribution in [-0.2, 0) is 16.4 Å². The number of hydrogen-bond acceptors (Lipinski definition) is 8. The minimum atomic E-state index is -3.87. The quantitative estimate of drug-likeness (QED) is 0.604. The highest BCUT2D eigenvalue weighted by atomic mass is 35.5. The number of benzene rings is 2. The Kier molecular flexibility index (Phi) is 4.98. The number of anilines is 1. The Morgan fingerprint density at radius 1 is 1.13 bits per heavy atom. The minimum absolute atomic E-state index is 0.0144. The van der Waals surface area contributed by atoms with E-state index in [4.69, 9.17) is 16.6 Å². The fraction of sp³-hybridized carbons (Fsp3) is 0.0952. The van der Waals surface area contributed by atoms with Crippen molar-refractivity contribution in [1.82, 2.24) is 15.9 Å². The Labute approximate surface area is 189 Å². The van der Waals surface area contributed by atoms with Gasteiger partial charge in [0.15, 0.2) is 10.9 Å². The number of nitrogens with one attached hydrogen (secondary N) is 2. The number of thiophene rings is 1. The second kappa shape index (κ2) is 7.69. The van der Waals surface area contributed by atoms with E-state index in [1.54, 1.807) is 17.1 Å². The van der Waals surface area contributed by atoms with Crippen LogP contribution in [0.5, 0.6) is 0 Å². The summed E-state index contributed by atoms with van der Waals surface area (Å²) in [7, 11) is -1.92. The molecular formula is C21H18ClN5O2S2. The SMILES string of the molecule is CN(Cc1ccccc1)C1=NC2=C(S(=O)(=O)c3cccc(Cl)c3)NNN2c2sccc21. The van der Waals surface area contributed by atoms with Crippen LogP contribution in [0.25, 0.3) is 0 Å². The minimum Gasteiger partial charge on any atom is -0.355 e. The van der Waals surface area contributed by atoms with Gasteiger partial charge in [-0.2, -0.15) is 0 Å². The molecule has 0 aliphatic carbocycles. The zero-order valence-electron chi connectivity index (χ0n) is 16.4. The summed E-state index contributed by atoms with van der Waals surface area (Å²) in [5.74, 6) is 1.00. The second-order valence-corrected chi connectivity index (χ2v) is 10.3. The van der Waals surface area contributed by atoms with Crippen LogP contribution in [0.1, 0.15) is 11.1 Å². The number of nitrogens with zero attached hydrogens (tertiary/aromatic N) is 3. The maximum Gasteiger partial charge on any atom is 0.226 e. The van der Waals surface area contributed by atoms with Gasteiger partial charge in [-0.05, 0) is 35.2 Å². The number of hydrogen-bond donors (Lipinski definition) is 2. The Morgan fingerprint density at radius 2 is 1.94 bits per heavy atom. The lowest BCUT2D eigenvalue weighted by Gasteiger charge is -2.29. The first-order chi connectivity index (χ1) is 14.9. The Balaban J connectivity index is 1.60. The molecule has 5 rings (SSSR count). The zero-order chi connectivity index (χ0) is 21.6. The third-order valence-electron chi connectivity index (χ3n) is 5.00. The van der Waals surface area contributed by atoms with Crippen LogP contribution in [0, 0.1) is 0 Å². The molecule has 10 heteroatoms. The molecule has 0 atom stereocenters. The Hall–Kier alpha value is -2.85. The normalized spacial score (nSPS) is 15.3. The van der Waals surface area contributed by atoms with E-state index in [1.807, 2.05) is 53.7 Å². The Morgan fingerprint density at radius 3 is 2.71 bits per heavy atom. The first kappa shape index (κ1) is 20.1. The molecule has 2 aromatic carbocycles. The molecule has 31 heavy (non-hydrogen) atoms. The van der Waals surface area contributed by atoms with Gasteiger partial charge in [0.05, 0.1) is 10.5 Å². The summed E-state index contributed by atoms with van der Waals surface area (Å²) >= 11 is 7.54. The van der Waals surface area contributed by atoms with E-state index >= 15 is 0 Å². The Bertz CT molecular complexity index is 1320. The summed E-state index contributed by atoms with van der Waals surface area (Å²) in [6, 6.07) is 18.2. The van der Waals surface area contributed by atoms with Gasteiger partial charge in [-0.1, -0.05) is 48.0 Å². The number of sulfone groups is 1. The average molecular weight is 472 g/mol. The highest BCUT2D eigenvalue weighted by Crippen LogP contribution is 2.39. The van der Waals surface area contributed by atoms with Crippen LogP contribution >= 0.6 is 22.9 Å². The van der Waals surface area contributed by atoms with E-state index in [9.17, 15) is 8.42 Å². The maximum absolute atomic E-state index is 13.3. The van der Waals surface area contributed by atoms with E-state index in [1.165, 1.54) is 23.5 Å². The molecule has 1 aromatic heterocycles. The predicted molar refractivity (Wildman–Crippen MR) is 123 cm³/mol. The third-order valence-corrected chi connectivity index (χ3v) is 7.83. The topological polar surface area (TPSA) is 77.0 Å². The molecule has 2 N–H and O–H groups in total. The molecule has 0 bridgehead atoms. The van der Waals surface area contributed by atoms with E-state index < -0.39 is 9.84 Å². The van der Waals surface area contributed by atoms with E-state index in [0.29, 0.717) is 23.2 Å². The van der Waals surface area contributed by atoms with Crippen molar-refractivity contribution >= 4 is 43.6 Å². The number of aliphatic imine (C=N–C) groups is 1. The summed E-state index contributed by atoms with van der Waals surface area (Å²) in [5, 5.41) is 4.83. The van der Waals surface area contributed by atoms with Gasteiger partial charge >= 0.3 is 0 Å². The van der Waals surface area contributed by atoms with Crippen LogP contribution in [0.15, 0.2) is 86.8 Å². The van der Waals surface area contributed by atoms with Crippen molar-refractivity contribution in [2.75, 3.05) is 12.1 Å². The summed E-state index contributed by atoms with van der Waals surface area (Å²) < 4.78 is 26.7. The van der Waals surface area contributed by atoms with E-state index in [2.05, 4.69) is 11.0 Å². The smallest absolute Gasteiger partial charge is 0.226 e. The van der Waals surface area contributed by atoms with Crippen LogP contribution < -0.4 is 16.0 Å². The molecule has 0 amide bonds. The molecule has 3 aromatic rings. The molecular weight excluding hydrogens is 454 g/mol. The molecule has 0 radical (unpaired) electrons. The molecule has 0 spiro atoms. The van der Waals surface area contributed by atoms with Crippen molar-refractivity contribution in [3.05, 3.63) is 93.0 Å². The molecule has 158 valence electrons. The monoisotopic (exact) mass is 471 g/mol. The lowest BCUT2D eigenvalue weighted by molar-refractivity contribution is 0.499. The molecule has 3 heterocycles. The highest BCUT2D eigenvalue weighted by Gasteiger charge is 2.38. The van der Waals surface area contributed by atoms with Gasteiger partial charge in [0.1, 0.15) is 10.8 Å². The molecule has 2 aliphatic heterocycles. The molecule has 2 aliphatic rings. The van der Waals surface area contributed by atoms with Gasteiger partial charge in [0, 0.05) is 18.6 Å². The predicted octanol–water partition coefficient (Wildman–Crippen LogP) is 3.72. The highest BCUT2D eigenvalue weighted by molar-refractivity contribution is 7.95. The van der Waals surface area contributed by atoms with Gasteiger partial charge in [-0.15, -0.1) is 16.9 Å². The maximum atomic E-state index is 13.3. The van der Waals surface area contributed by atoms with Crippen molar-refractivity contribution in [3.8, 4) is 0 Å². The first-order valence-corrected chi connectivity index (χ1v) is 12.2. The summed E-state index contributed by atoms with van der Waals surface area (Å²) in [6.45, 7) is 0.638. The van der Waals surface area contributed by atoms with Gasteiger partial charge < -0.3 is 4.90 Å². The lowest BCUT2D eigenvalue weighted by Crippen LogP contribution is -2.41. The first-order valence-electron chi connectivity index (χ1n) is 9.43. The van der Waals surface area contributed by atoms with Crippen LogP contribution in [-0.4, -0.2) is 26.2 Å². The van der Waals surface area contributed by atoms with Crippen LogP contribution in [0.3, 0.4) is 0 Å². The van der Waals surface area contributed by atoms with Gasteiger partial charge in [-0.3, -0.25) is 5.43 Å². The van der Waals surface area contributed by atoms with E-state index in [-0.39, 0.29) is 9.92 Å². The lowest BCUT2D eigenvalue weighted by atomic mass is 10.2. The van der Waals surface area contributed by atoms with Crippen molar-refractivity contribution in [2.45, 2.75) is 11.4 Å². The van der Waals surface area contributed by atoms with Crippen molar-refractivity contribution in [1.29, 1.82) is 0 Å². The molecule has 0 saturated heterocycles. The van der Waals surface area contributed by atoms with Gasteiger partial charge in [0.2, 0.25) is 9.84 Å². The number of halogens is 1.